The summed E-state index contributed by atoms with van der Waals surface area (Å²) < 4.78 is 11.1. The van der Waals surface area contributed by atoms with E-state index in [0.717, 1.165) is 22.4 Å². The van der Waals surface area contributed by atoms with Crippen LogP contribution in [0, 0.1) is 5.92 Å². The number of para-hydroxylation sites is 1. The number of fused-ring (bicyclic) bond motifs is 1. The van der Waals surface area contributed by atoms with E-state index in [0.29, 0.717) is 10.6 Å². The van der Waals surface area contributed by atoms with Gasteiger partial charge in [0.15, 0.2) is 5.54 Å². The number of carbonyl (C=O) groups is 2. The zero-order chi connectivity index (χ0) is 28.6. The van der Waals surface area contributed by atoms with Crippen LogP contribution >= 0.6 is 11.6 Å². The van der Waals surface area contributed by atoms with Gasteiger partial charge in [0.2, 0.25) is 0 Å². The highest BCUT2D eigenvalue weighted by Gasteiger charge is 2.71. The fourth-order valence-electron chi connectivity index (χ4n) is 7.05. The van der Waals surface area contributed by atoms with Gasteiger partial charge in [0, 0.05) is 34.0 Å². The number of nitrogens with zero attached hydrogens (tertiary/aromatic N) is 1. The molecule has 0 amide bonds. The summed E-state index contributed by atoms with van der Waals surface area (Å²) in [6.45, 7) is 0. The number of rotatable bonds is 6. The molecule has 41 heavy (non-hydrogen) atoms. The van der Waals surface area contributed by atoms with E-state index in [4.69, 9.17) is 21.1 Å². The van der Waals surface area contributed by atoms with Crippen molar-refractivity contribution in [1.29, 1.82) is 0 Å². The molecule has 206 valence electrons. The Hall–Kier alpha value is -4.35. The molecule has 0 aromatic heterocycles. The number of benzene rings is 4. The molecule has 2 aliphatic rings. The van der Waals surface area contributed by atoms with Crippen molar-refractivity contribution in [3.05, 3.63) is 149 Å². The van der Waals surface area contributed by atoms with Crippen LogP contribution in [0.5, 0.6) is 0 Å². The van der Waals surface area contributed by atoms with Crippen LogP contribution in [0.4, 0.5) is 5.69 Å². The number of ether oxygens (including phenoxy) is 2. The maximum Gasteiger partial charge on any atom is 0.333 e. The number of hydrogen-bond acceptors (Lipinski definition) is 5. The van der Waals surface area contributed by atoms with Crippen LogP contribution in [0.2, 0.25) is 5.02 Å². The molecule has 6 heteroatoms. The molecule has 0 saturated carbocycles. The van der Waals surface area contributed by atoms with Gasteiger partial charge in [0.1, 0.15) is 0 Å². The second-order valence-electron chi connectivity index (χ2n) is 10.4. The summed E-state index contributed by atoms with van der Waals surface area (Å²) in [6, 6.07) is 37.2. The molecule has 0 bridgehead atoms. The van der Waals surface area contributed by atoms with Crippen molar-refractivity contribution in [2.45, 2.75) is 23.4 Å². The highest BCUT2D eigenvalue weighted by Crippen LogP contribution is 2.66. The van der Waals surface area contributed by atoms with Crippen LogP contribution in [-0.4, -0.2) is 31.7 Å². The molecule has 0 spiro atoms. The Labute approximate surface area is 245 Å². The standard InChI is InChI=1S/C35H30ClNO4/c1-40-33(38)28-22-29(23-12-6-3-7-13-23)35(34(39)41-2)31(28)30(24-14-8-4-9-15-24)32(25-18-20-26(36)21-19-25)37(35)27-16-10-5-11-17-27/h3-22,29-32H,1-2H3/t29-,30-,31-,32-,35-/m1/s1. The van der Waals surface area contributed by atoms with Gasteiger partial charge < -0.3 is 14.4 Å². The Morgan fingerprint density at radius 3 is 1.83 bits per heavy atom. The maximum absolute atomic E-state index is 14.6. The average molecular weight is 564 g/mol. The topological polar surface area (TPSA) is 55.8 Å². The summed E-state index contributed by atoms with van der Waals surface area (Å²) in [5.74, 6) is -2.26. The Kier molecular flexibility index (Phi) is 7.14. The Morgan fingerprint density at radius 2 is 1.27 bits per heavy atom. The molecule has 5 nitrogen and oxygen atoms in total. The lowest BCUT2D eigenvalue weighted by Gasteiger charge is -2.44. The first-order chi connectivity index (χ1) is 20.0. The van der Waals surface area contributed by atoms with E-state index in [1.807, 2.05) is 109 Å². The van der Waals surface area contributed by atoms with Gasteiger partial charge in [-0.2, -0.15) is 0 Å². The Balaban J connectivity index is 1.75. The predicted molar refractivity (Wildman–Crippen MR) is 160 cm³/mol. The third-order valence-corrected chi connectivity index (χ3v) is 8.78. The van der Waals surface area contributed by atoms with E-state index in [-0.39, 0.29) is 12.0 Å². The number of halogens is 1. The molecular formula is C35H30ClNO4. The molecule has 1 fully saturated rings. The van der Waals surface area contributed by atoms with E-state index >= 15 is 0 Å². The van der Waals surface area contributed by atoms with Crippen molar-refractivity contribution in [3.8, 4) is 0 Å². The van der Waals surface area contributed by atoms with Gasteiger partial charge in [-0.05, 0) is 41.0 Å². The van der Waals surface area contributed by atoms with Crippen molar-refractivity contribution in [2.24, 2.45) is 5.92 Å². The maximum atomic E-state index is 14.6. The monoisotopic (exact) mass is 563 g/mol. The van der Waals surface area contributed by atoms with Crippen LogP contribution in [-0.2, 0) is 19.1 Å². The number of carbonyl (C=O) groups excluding carboxylic acids is 2. The Morgan fingerprint density at radius 1 is 0.707 bits per heavy atom. The average Bonchev–Trinajstić information content (AvgIpc) is 3.53. The molecule has 1 aliphatic carbocycles. The fourth-order valence-corrected chi connectivity index (χ4v) is 7.18. The van der Waals surface area contributed by atoms with E-state index in [1.165, 1.54) is 14.2 Å². The highest BCUT2D eigenvalue weighted by molar-refractivity contribution is 6.30. The summed E-state index contributed by atoms with van der Waals surface area (Å²) in [4.78, 5) is 30.4. The van der Waals surface area contributed by atoms with Gasteiger partial charge in [0.25, 0.3) is 0 Å². The van der Waals surface area contributed by atoms with E-state index in [1.54, 1.807) is 0 Å². The predicted octanol–water partition coefficient (Wildman–Crippen LogP) is 7.11. The van der Waals surface area contributed by atoms with Crippen LogP contribution in [0.25, 0.3) is 0 Å². The van der Waals surface area contributed by atoms with Gasteiger partial charge in [-0.1, -0.05) is 109 Å². The number of esters is 2. The second kappa shape index (κ2) is 10.9. The van der Waals surface area contributed by atoms with Crippen molar-refractivity contribution in [2.75, 3.05) is 19.1 Å². The van der Waals surface area contributed by atoms with Gasteiger partial charge in [0.05, 0.1) is 20.3 Å². The van der Waals surface area contributed by atoms with Crippen LogP contribution in [0.15, 0.2) is 127 Å². The Bertz CT molecular complexity index is 1570. The smallest absolute Gasteiger partial charge is 0.333 e. The van der Waals surface area contributed by atoms with Gasteiger partial charge in [-0.3, -0.25) is 0 Å². The normalized spacial score (nSPS) is 24.9. The highest BCUT2D eigenvalue weighted by atomic mass is 35.5. The lowest BCUT2D eigenvalue weighted by molar-refractivity contribution is -0.148. The first kappa shape index (κ1) is 26.9. The third kappa shape index (κ3) is 4.23. The number of hydrogen-bond donors (Lipinski definition) is 0. The molecule has 1 saturated heterocycles. The lowest BCUT2D eigenvalue weighted by Crippen LogP contribution is -2.58. The van der Waals surface area contributed by atoms with E-state index in [2.05, 4.69) is 17.0 Å². The minimum atomic E-state index is -1.30. The molecule has 4 aromatic rings. The van der Waals surface area contributed by atoms with Crippen molar-refractivity contribution in [3.63, 3.8) is 0 Å². The first-order valence-corrected chi connectivity index (χ1v) is 14.0. The minimum absolute atomic E-state index is 0.309. The third-order valence-electron chi connectivity index (χ3n) is 8.53. The van der Waals surface area contributed by atoms with Crippen molar-refractivity contribution in [1.82, 2.24) is 0 Å². The molecule has 0 radical (unpaired) electrons. The quantitative estimate of drug-likeness (QED) is 0.234. The number of anilines is 1. The summed E-state index contributed by atoms with van der Waals surface area (Å²) in [6.07, 6.45) is 1.92. The number of methoxy groups -OCH3 is 2. The first-order valence-electron chi connectivity index (χ1n) is 13.6. The molecule has 4 aromatic carbocycles. The van der Waals surface area contributed by atoms with E-state index < -0.39 is 29.3 Å². The van der Waals surface area contributed by atoms with E-state index in [9.17, 15) is 9.59 Å². The zero-order valence-corrected chi connectivity index (χ0v) is 23.6. The molecular weight excluding hydrogens is 534 g/mol. The van der Waals surface area contributed by atoms with Crippen molar-refractivity contribution >= 4 is 29.2 Å². The summed E-state index contributed by atoms with van der Waals surface area (Å²) >= 11 is 6.35. The molecule has 5 atom stereocenters. The molecule has 0 N–H and O–H groups in total. The van der Waals surface area contributed by atoms with Crippen LogP contribution in [0.1, 0.15) is 34.6 Å². The fraction of sp³-hybridized carbons (Fsp3) is 0.200. The van der Waals surface area contributed by atoms with Gasteiger partial charge in [-0.25, -0.2) is 9.59 Å². The molecule has 1 aliphatic heterocycles. The van der Waals surface area contributed by atoms with Crippen LogP contribution in [0.3, 0.4) is 0 Å². The van der Waals surface area contributed by atoms with Gasteiger partial charge in [-0.15, -0.1) is 0 Å². The SMILES string of the molecule is COC(=O)C1=C[C@H](c2ccccc2)[C@]2(C(=O)OC)[C@H]1[C@@H](c1ccccc1)[C@@H](c1ccc(Cl)cc1)N2c1ccccc1. The largest absolute Gasteiger partial charge is 0.467 e. The van der Waals surface area contributed by atoms with Crippen molar-refractivity contribution < 1.29 is 19.1 Å². The van der Waals surface area contributed by atoms with Gasteiger partial charge >= 0.3 is 11.9 Å². The lowest BCUT2D eigenvalue weighted by atomic mass is 9.70. The minimum Gasteiger partial charge on any atom is -0.467 e. The summed E-state index contributed by atoms with van der Waals surface area (Å²) in [7, 11) is 2.81. The second-order valence-corrected chi connectivity index (χ2v) is 10.9. The summed E-state index contributed by atoms with van der Waals surface area (Å²) in [5, 5.41) is 0.620. The molecule has 1 heterocycles. The van der Waals surface area contributed by atoms with Crippen LogP contribution < -0.4 is 4.90 Å². The zero-order valence-electron chi connectivity index (χ0n) is 22.8. The summed E-state index contributed by atoms with van der Waals surface area (Å²) in [5.41, 5.74) is 2.91. The molecule has 6 rings (SSSR count). The molecule has 0 unspecified atom stereocenters.